The normalized spacial score (nSPS) is 13.5. The van der Waals surface area contributed by atoms with Gasteiger partial charge in [-0.3, -0.25) is 9.59 Å². The van der Waals surface area contributed by atoms with Crippen LogP contribution in [0.2, 0.25) is 0 Å². The SMILES string of the molecule is CCc1ccc(N2C(=O)C(Cl)=C(Nc3ccc(C(=O)Oc4ccc(F)cc4)cc3)C2=O)cc1. The van der Waals surface area contributed by atoms with Crippen molar-refractivity contribution in [3.05, 3.63) is 100 Å². The molecule has 0 atom stereocenters. The first kappa shape index (κ1) is 22.2. The average molecular weight is 465 g/mol. The fourth-order valence-electron chi connectivity index (χ4n) is 3.23. The van der Waals surface area contributed by atoms with E-state index >= 15 is 0 Å². The molecule has 33 heavy (non-hydrogen) atoms. The Kier molecular flexibility index (Phi) is 6.24. The minimum atomic E-state index is -0.626. The van der Waals surface area contributed by atoms with Crippen molar-refractivity contribution in [3.8, 4) is 5.75 Å². The number of imide groups is 1. The van der Waals surface area contributed by atoms with Crippen molar-refractivity contribution in [1.82, 2.24) is 0 Å². The van der Waals surface area contributed by atoms with E-state index in [0.29, 0.717) is 11.4 Å². The van der Waals surface area contributed by atoms with Gasteiger partial charge in [0.15, 0.2) is 0 Å². The Morgan fingerprint density at radius 1 is 0.939 bits per heavy atom. The molecule has 8 heteroatoms. The second-order valence-electron chi connectivity index (χ2n) is 7.20. The van der Waals surface area contributed by atoms with Gasteiger partial charge in [-0.05, 0) is 72.6 Å². The molecule has 0 aromatic heterocycles. The van der Waals surface area contributed by atoms with E-state index in [1.54, 1.807) is 24.3 Å². The van der Waals surface area contributed by atoms with E-state index in [2.05, 4.69) is 5.32 Å². The van der Waals surface area contributed by atoms with Crippen molar-refractivity contribution < 1.29 is 23.5 Å². The Bertz CT molecular complexity index is 1250. The van der Waals surface area contributed by atoms with Crippen LogP contribution in [0.25, 0.3) is 0 Å². The molecule has 0 unspecified atom stereocenters. The molecular formula is C25H18ClFN2O4. The third-order valence-electron chi connectivity index (χ3n) is 5.04. The maximum absolute atomic E-state index is 13.0. The molecule has 1 aliphatic heterocycles. The van der Waals surface area contributed by atoms with E-state index in [1.807, 2.05) is 19.1 Å². The zero-order chi connectivity index (χ0) is 23.5. The monoisotopic (exact) mass is 464 g/mol. The lowest BCUT2D eigenvalue weighted by Crippen LogP contribution is -2.32. The summed E-state index contributed by atoms with van der Waals surface area (Å²) in [6, 6.07) is 18.2. The molecule has 3 aromatic carbocycles. The number of carbonyl (C=O) groups is 3. The second-order valence-corrected chi connectivity index (χ2v) is 7.58. The van der Waals surface area contributed by atoms with Crippen LogP contribution in [0.3, 0.4) is 0 Å². The van der Waals surface area contributed by atoms with Crippen molar-refractivity contribution in [2.45, 2.75) is 13.3 Å². The minimum absolute atomic E-state index is 0.0529. The Hall–Kier alpha value is -3.97. The summed E-state index contributed by atoms with van der Waals surface area (Å²) in [4.78, 5) is 38.8. The van der Waals surface area contributed by atoms with Crippen LogP contribution in [0.1, 0.15) is 22.8 Å². The summed E-state index contributed by atoms with van der Waals surface area (Å²) in [5, 5.41) is 2.63. The molecule has 4 rings (SSSR count). The molecule has 1 N–H and O–H groups in total. The number of esters is 1. The largest absolute Gasteiger partial charge is 0.423 e. The molecule has 1 aliphatic rings. The van der Waals surface area contributed by atoms with E-state index in [-0.39, 0.29) is 22.0 Å². The summed E-state index contributed by atoms with van der Waals surface area (Å²) in [5.41, 5.74) is 2.15. The van der Waals surface area contributed by atoms with Gasteiger partial charge < -0.3 is 10.1 Å². The number of benzene rings is 3. The number of rotatable bonds is 6. The van der Waals surface area contributed by atoms with Crippen LogP contribution < -0.4 is 15.0 Å². The van der Waals surface area contributed by atoms with Gasteiger partial charge in [0, 0.05) is 5.69 Å². The number of hydrogen-bond donors (Lipinski definition) is 1. The Morgan fingerprint density at radius 2 is 1.58 bits per heavy atom. The fourth-order valence-corrected chi connectivity index (χ4v) is 3.44. The molecule has 3 aromatic rings. The first-order valence-electron chi connectivity index (χ1n) is 10.1. The van der Waals surface area contributed by atoms with Crippen LogP contribution in [0, 0.1) is 5.82 Å². The van der Waals surface area contributed by atoms with Crippen LogP contribution in [-0.2, 0) is 16.0 Å². The summed E-state index contributed by atoms with van der Waals surface area (Å²) >= 11 is 6.16. The standard InChI is InChI=1S/C25H18ClFN2O4/c1-2-15-3-11-19(12-4-15)29-23(30)21(26)22(24(29)31)28-18-9-5-16(6-10-18)25(32)33-20-13-7-17(27)8-14-20/h3-14,28H,2H2,1H3. The van der Waals surface area contributed by atoms with Gasteiger partial charge in [0.1, 0.15) is 22.3 Å². The average Bonchev–Trinajstić information content (AvgIpc) is 3.04. The van der Waals surface area contributed by atoms with Crippen LogP contribution in [0.5, 0.6) is 5.75 Å². The van der Waals surface area contributed by atoms with Gasteiger partial charge in [-0.15, -0.1) is 0 Å². The Balaban J connectivity index is 1.46. The zero-order valence-electron chi connectivity index (χ0n) is 17.5. The fraction of sp³-hybridized carbons (Fsp3) is 0.0800. The molecule has 0 bridgehead atoms. The number of nitrogens with one attached hydrogen (secondary N) is 1. The van der Waals surface area contributed by atoms with Gasteiger partial charge in [-0.2, -0.15) is 0 Å². The van der Waals surface area contributed by atoms with E-state index < -0.39 is 23.6 Å². The van der Waals surface area contributed by atoms with E-state index in [4.69, 9.17) is 16.3 Å². The molecule has 0 spiro atoms. The third kappa shape index (κ3) is 4.63. The number of ether oxygens (including phenoxy) is 1. The third-order valence-corrected chi connectivity index (χ3v) is 5.39. The van der Waals surface area contributed by atoms with Crippen LogP contribution in [-0.4, -0.2) is 17.8 Å². The van der Waals surface area contributed by atoms with Gasteiger partial charge in [-0.1, -0.05) is 30.7 Å². The number of amides is 2. The van der Waals surface area contributed by atoms with Gasteiger partial charge in [0.05, 0.1) is 11.3 Å². The highest BCUT2D eigenvalue weighted by atomic mass is 35.5. The number of anilines is 2. The molecule has 0 fully saturated rings. The van der Waals surface area contributed by atoms with Crippen LogP contribution >= 0.6 is 11.6 Å². The Morgan fingerprint density at radius 3 is 2.18 bits per heavy atom. The number of carbonyl (C=O) groups excluding carboxylic acids is 3. The number of halogens is 2. The molecule has 1 heterocycles. The second kappa shape index (κ2) is 9.26. The Labute approximate surface area is 194 Å². The highest BCUT2D eigenvalue weighted by Crippen LogP contribution is 2.30. The van der Waals surface area contributed by atoms with Gasteiger partial charge in [0.2, 0.25) is 0 Å². The maximum atomic E-state index is 13.0. The number of hydrogen-bond acceptors (Lipinski definition) is 5. The molecule has 2 amide bonds. The summed E-state index contributed by atoms with van der Waals surface area (Å²) in [6.07, 6.45) is 0.835. The van der Waals surface area contributed by atoms with Crippen molar-refractivity contribution in [1.29, 1.82) is 0 Å². The number of aryl methyl sites for hydroxylation is 1. The van der Waals surface area contributed by atoms with E-state index in [9.17, 15) is 18.8 Å². The summed E-state index contributed by atoms with van der Waals surface area (Å²) in [7, 11) is 0. The van der Waals surface area contributed by atoms with Gasteiger partial charge in [0.25, 0.3) is 11.8 Å². The smallest absolute Gasteiger partial charge is 0.343 e. The van der Waals surface area contributed by atoms with Crippen molar-refractivity contribution in [2.24, 2.45) is 0 Å². The van der Waals surface area contributed by atoms with Crippen molar-refractivity contribution >= 4 is 40.8 Å². The molecule has 0 radical (unpaired) electrons. The van der Waals surface area contributed by atoms with Crippen LogP contribution in [0.4, 0.5) is 15.8 Å². The topological polar surface area (TPSA) is 75.7 Å². The lowest BCUT2D eigenvalue weighted by molar-refractivity contribution is -0.120. The highest BCUT2D eigenvalue weighted by Gasteiger charge is 2.38. The minimum Gasteiger partial charge on any atom is -0.423 e. The number of nitrogens with zero attached hydrogens (tertiary/aromatic N) is 1. The van der Waals surface area contributed by atoms with E-state index in [0.717, 1.165) is 16.9 Å². The maximum Gasteiger partial charge on any atom is 0.343 e. The molecule has 0 saturated heterocycles. The molecule has 0 aliphatic carbocycles. The predicted octanol–water partition coefficient (Wildman–Crippen LogP) is 5.04. The predicted molar refractivity (Wildman–Crippen MR) is 123 cm³/mol. The summed E-state index contributed by atoms with van der Waals surface area (Å²) < 4.78 is 18.2. The zero-order valence-corrected chi connectivity index (χ0v) is 18.2. The van der Waals surface area contributed by atoms with Crippen molar-refractivity contribution in [2.75, 3.05) is 10.2 Å². The lowest BCUT2D eigenvalue weighted by atomic mass is 10.1. The van der Waals surface area contributed by atoms with Gasteiger partial charge in [-0.25, -0.2) is 14.1 Å². The highest BCUT2D eigenvalue weighted by molar-refractivity contribution is 6.53. The van der Waals surface area contributed by atoms with Crippen molar-refractivity contribution in [3.63, 3.8) is 0 Å². The lowest BCUT2D eigenvalue weighted by Gasteiger charge is -2.15. The summed E-state index contributed by atoms with van der Waals surface area (Å²) in [6.45, 7) is 2.01. The molecule has 0 saturated carbocycles. The molecule has 166 valence electrons. The van der Waals surface area contributed by atoms with Crippen LogP contribution in [0.15, 0.2) is 83.5 Å². The quantitative estimate of drug-likeness (QED) is 0.314. The molecule has 6 nitrogen and oxygen atoms in total. The molecular weight excluding hydrogens is 447 g/mol. The van der Waals surface area contributed by atoms with E-state index in [1.165, 1.54) is 36.4 Å². The van der Waals surface area contributed by atoms with Gasteiger partial charge >= 0.3 is 5.97 Å². The first-order valence-corrected chi connectivity index (χ1v) is 10.5. The summed E-state index contributed by atoms with van der Waals surface area (Å²) in [5.74, 6) is -2.04. The first-order chi connectivity index (χ1) is 15.9.